The van der Waals surface area contributed by atoms with E-state index in [1.54, 1.807) is 30.3 Å². The molecule has 0 aliphatic carbocycles. The molecule has 16 heavy (non-hydrogen) atoms. The van der Waals surface area contributed by atoms with Gasteiger partial charge >= 0.3 is 0 Å². The van der Waals surface area contributed by atoms with Crippen molar-refractivity contribution in [2.75, 3.05) is 5.73 Å². The lowest BCUT2D eigenvalue weighted by atomic mass is 10.3. The molecule has 0 heterocycles. The van der Waals surface area contributed by atoms with Gasteiger partial charge in [-0.15, -0.1) is 0 Å². The number of aromatic hydroxyl groups is 3. The van der Waals surface area contributed by atoms with E-state index in [0.29, 0.717) is 5.69 Å². The molecule has 0 unspecified atom stereocenters. The highest BCUT2D eigenvalue weighted by atomic mass is 16.3. The maximum atomic E-state index is 8.70. The molecule has 4 nitrogen and oxygen atoms in total. The van der Waals surface area contributed by atoms with Crippen LogP contribution in [0.4, 0.5) is 5.69 Å². The Morgan fingerprint density at radius 2 is 1.19 bits per heavy atom. The summed E-state index contributed by atoms with van der Waals surface area (Å²) in [6, 6.07) is 12.2. The van der Waals surface area contributed by atoms with Crippen LogP contribution in [0.15, 0.2) is 48.5 Å². The van der Waals surface area contributed by atoms with Crippen molar-refractivity contribution >= 4 is 5.69 Å². The third-order valence-corrected chi connectivity index (χ3v) is 1.72. The molecule has 4 heteroatoms. The average Bonchev–Trinajstić information content (AvgIpc) is 2.23. The molecule has 2 aromatic rings. The van der Waals surface area contributed by atoms with E-state index in [1.807, 2.05) is 0 Å². The molecule has 0 saturated heterocycles. The predicted octanol–water partition coefficient (Wildman–Crippen LogP) is 2.07. The zero-order valence-corrected chi connectivity index (χ0v) is 8.54. The van der Waals surface area contributed by atoms with Crippen LogP contribution in [-0.4, -0.2) is 15.3 Å². The Balaban J connectivity index is 0.000000160. The number of phenolic OH excluding ortho intramolecular Hbond substituents is 3. The van der Waals surface area contributed by atoms with Gasteiger partial charge in [-0.2, -0.15) is 0 Å². The van der Waals surface area contributed by atoms with Gasteiger partial charge in [0.1, 0.15) is 17.2 Å². The van der Waals surface area contributed by atoms with Gasteiger partial charge in [0.2, 0.25) is 0 Å². The minimum atomic E-state index is 0.0880. The molecule has 0 fully saturated rings. The molecule has 0 atom stereocenters. The zero-order valence-electron chi connectivity index (χ0n) is 8.54. The van der Waals surface area contributed by atoms with Crippen molar-refractivity contribution in [3.8, 4) is 17.2 Å². The number of hydrogen-bond acceptors (Lipinski definition) is 4. The number of rotatable bonds is 0. The van der Waals surface area contributed by atoms with E-state index in [9.17, 15) is 0 Å². The van der Waals surface area contributed by atoms with Gasteiger partial charge in [0.05, 0.1) is 0 Å². The van der Waals surface area contributed by atoms with E-state index in [2.05, 4.69) is 0 Å². The average molecular weight is 219 g/mol. The van der Waals surface area contributed by atoms with Gasteiger partial charge in [0.15, 0.2) is 0 Å². The van der Waals surface area contributed by atoms with Crippen LogP contribution >= 0.6 is 0 Å². The zero-order chi connectivity index (χ0) is 12.0. The van der Waals surface area contributed by atoms with Crippen LogP contribution in [0.2, 0.25) is 0 Å². The highest BCUT2D eigenvalue weighted by Gasteiger charge is 1.85. The quantitative estimate of drug-likeness (QED) is 0.403. The fraction of sp³-hybridized carbons (Fsp3) is 0. The second kappa shape index (κ2) is 5.50. The molecular formula is C12H13NO3. The first-order valence-corrected chi connectivity index (χ1v) is 4.60. The lowest BCUT2D eigenvalue weighted by Crippen LogP contribution is -1.80. The monoisotopic (exact) mass is 219 g/mol. The van der Waals surface area contributed by atoms with Crippen molar-refractivity contribution in [3.05, 3.63) is 48.5 Å². The van der Waals surface area contributed by atoms with Crippen LogP contribution in [0.3, 0.4) is 0 Å². The summed E-state index contributed by atoms with van der Waals surface area (Å²) < 4.78 is 0. The van der Waals surface area contributed by atoms with E-state index in [1.165, 1.54) is 18.2 Å². The van der Waals surface area contributed by atoms with Crippen LogP contribution in [0.25, 0.3) is 0 Å². The van der Waals surface area contributed by atoms with Crippen LogP contribution in [0, 0.1) is 0 Å². The molecule has 2 rings (SSSR count). The Morgan fingerprint density at radius 3 is 1.50 bits per heavy atom. The van der Waals surface area contributed by atoms with Gasteiger partial charge < -0.3 is 21.1 Å². The topological polar surface area (TPSA) is 86.7 Å². The number of anilines is 1. The van der Waals surface area contributed by atoms with E-state index in [4.69, 9.17) is 21.1 Å². The lowest BCUT2D eigenvalue weighted by Gasteiger charge is -1.89. The Labute approximate surface area is 93.2 Å². The first-order chi connectivity index (χ1) is 7.58. The Kier molecular flexibility index (Phi) is 4.03. The van der Waals surface area contributed by atoms with Gasteiger partial charge in [-0.3, -0.25) is 0 Å². The molecule has 0 aliphatic rings. The normalized spacial score (nSPS) is 9.00. The minimum Gasteiger partial charge on any atom is -0.508 e. The fourth-order valence-corrected chi connectivity index (χ4v) is 0.967. The highest BCUT2D eigenvalue weighted by molar-refractivity contribution is 5.40. The molecule has 0 saturated carbocycles. The third kappa shape index (κ3) is 4.23. The van der Waals surface area contributed by atoms with Crippen molar-refractivity contribution in [1.82, 2.24) is 0 Å². The molecule has 0 radical (unpaired) electrons. The van der Waals surface area contributed by atoms with E-state index >= 15 is 0 Å². The van der Waals surface area contributed by atoms with E-state index < -0.39 is 0 Å². The summed E-state index contributed by atoms with van der Waals surface area (Å²) in [7, 11) is 0. The smallest absolute Gasteiger partial charge is 0.119 e. The Bertz CT molecular complexity index is 402. The second-order valence-corrected chi connectivity index (χ2v) is 3.11. The number of phenols is 3. The largest absolute Gasteiger partial charge is 0.508 e. The summed E-state index contributed by atoms with van der Waals surface area (Å²) in [5, 5.41) is 26.0. The van der Waals surface area contributed by atoms with Crippen molar-refractivity contribution in [1.29, 1.82) is 0 Å². The number of nitrogens with two attached hydrogens (primary N) is 1. The number of benzene rings is 2. The maximum absolute atomic E-state index is 8.70. The maximum Gasteiger partial charge on any atom is 0.119 e. The van der Waals surface area contributed by atoms with E-state index in [0.717, 1.165) is 0 Å². The minimum absolute atomic E-state index is 0.0880. The molecule has 0 aromatic heterocycles. The molecular weight excluding hydrogens is 206 g/mol. The van der Waals surface area contributed by atoms with Gasteiger partial charge in [0, 0.05) is 11.8 Å². The first-order valence-electron chi connectivity index (χ1n) is 4.60. The Morgan fingerprint density at radius 1 is 0.688 bits per heavy atom. The van der Waals surface area contributed by atoms with Crippen molar-refractivity contribution in [2.24, 2.45) is 0 Å². The molecule has 2 aromatic carbocycles. The summed E-state index contributed by atoms with van der Waals surface area (Å²) in [5.41, 5.74) is 5.98. The fourth-order valence-electron chi connectivity index (χ4n) is 0.967. The second-order valence-electron chi connectivity index (χ2n) is 3.11. The van der Waals surface area contributed by atoms with Crippen molar-refractivity contribution in [3.63, 3.8) is 0 Å². The van der Waals surface area contributed by atoms with Gasteiger partial charge in [-0.05, 0) is 36.4 Å². The summed E-state index contributed by atoms with van der Waals surface area (Å²) in [6.07, 6.45) is 0. The van der Waals surface area contributed by atoms with Crippen LogP contribution in [0.1, 0.15) is 0 Å². The van der Waals surface area contributed by atoms with Crippen molar-refractivity contribution in [2.45, 2.75) is 0 Å². The summed E-state index contributed by atoms with van der Waals surface area (Å²) in [6.45, 7) is 0. The number of hydrogen-bond donors (Lipinski definition) is 4. The first kappa shape index (κ1) is 11.7. The summed E-state index contributed by atoms with van der Waals surface area (Å²) >= 11 is 0. The van der Waals surface area contributed by atoms with Crippen LogP contribution < -0.4 is 5.73 Å². The van der Waals surface area contributed by atoms with Gasteiger partial charge in [-0.25, -0.2) is 0 Å². The molecule has 0 bridgehead atoms. The van der Waals surface area contributed by atoms with Crippen molar-refractivity contribution < 1.29 is 15.3 Å². The Hall–Kier alpha value is -2.36. The third-order valence-electron chi connectivity index (χ3n) is 1.72. The molecule has 0 spiro atoms. The van der Waals surface area contributed by atoms with Crippen LogP contribution in [-0.2, 0) is 0 Å². The summed E-state index contributed by atoms with van der Waals surface area (Å²) in [4.78, 5) is 0. The van der Waals surface area contributed by atoms with Gasteiger partial charge in [0.25, 0.3) is 0 Å². The molecule has 5 N–H and O–H groups in total. The van der Waals surface area contributed by atoms with Crippen LogP contribution in [0.5, 0.6) is 17.2 Å². The highest BCUT2D eigenvalue weighted by Crippen LogP contribution is 2.14. The molecule has 84 valence electrons. The molecule has 0 amide bonds. The SMILES string of the molecule is Nc1ccc(O)cc1.Oc1cccc(O)c1. The molecule has 0 aliphatic heterocycles. The lowest BCUT2D eigenvalue weighted by molar-refractivity contribution is 0.450. The standard InChI is InChI=1S/C6H7NO.C6H6O2/c7-5-1-3-6(8)4-2-5;7-5-2-1-3-6(8)4-5/h1-4,8H,7H2;1-4,7-8H. The number of nitrogen functional groups attached to an aromatic ring is 1. The van der Waals surface area contributed by atoms with Gasteiger partial charge in [-0.1, -0.05) is 6.07 Å². The van der Waals surface area contributed by atoms with E-state index in [-0.39, 0.29) is 17.2 Å². The summed E-state index contributed by atoms with van der Waals surface area (Å²) in [5.74, 6) is 0.425. The predicted molar refractivity (Wildman–Crippen MR) is 62.3 cm³/mol.